The van der Waals surface area contributed by atoms with Gasteiger partial charge >= 0.3 is 0 Å². The minimum atomic E-state index is -3.92. The van der Waals surface area contributed by atoms with Crippen molar-refractivity contribution >= 4 is 38.9 Å². The van der Waals surface area contributed by atoms with E-state index in [0.29, 0.717) is 29.3 Å². The van der Waals surface area contributed by atoms with Crippen LogP contribution in [0.3, 0.4) is 0 Å². The number of ether oxygens (including phenoxy) is 1. The molecule has 0 fully saturated rings. The molecule has 3 N–H and O–H groups in total. The first kappa shape index (κ1) is 22.3. The summed E-state index contributed by atoms with van der Waals surface area (Å²) in [5, 5.41) is 5.51. The molecule has 2 amide bonds. The highest BCUT2D eigenvalue weighted by atomic mass is 32.2. The number of nitrogens with one attached hydrogen (secondary N) is 3. The number of sulfonamides is 1. The highest BCUT2D eigenvalue weighted by Gasteiger charge is 2.23. The molecule has 3 aromatic carbocycles. The van der Waals surface area contributed by atoms with Gasteiger partial charge in [0.1, 0.15) is 5.75 Å². The zero-order valence-electron chi connectivity index (χ0n) is 18.1. The molecule has 0 saturated heterocycles. The fourth-order valence-corrected chi connectivity index (χ4v) is 4.43. The normalized spacial score (nSPS) is 12.5. The van der Waals surface area contributed by atoms with Crippen molar-refractivity contribution in [3.63, 3.8) is 0 Å². The summed E-state index contributed by atoms with van der Waals surface area (Å²) in [7, 11) is -3.92. The molecular weight excluding hydrogens is 442 g/mol. The van der Waals surface area contributed by atoms with Gasteiger partial charge in [-0.2, -0.15) is 0 Å². The van der Waals surface area contributed by atoms with Crippen LogP contribution in [0.15, 0.2) is 65.6 Å². The Bertz CT molecular complexity index is 1330. The first-order valence-electron chi connectivity index (χ1n) is 10.4. The molecule has 9 heteroatoms. The van der Waals surface area contributed by atoms with Crippen LogP contribution in [0.2, 0.25) is 0 Å². The topological polar surface area (TPSA) is 114 Å². The number of carbonyl (C=O) groups excluding carboxylic acids is 2. The molecule has 8 nitrogen and oxygen atoms in total. The van der Waals surface area contributed by atoms with Crippen molar-refractivity contribution in [3.05, 3.63) is 71.8 Å². The Kier molecular flexibility index (Phi) is 6.06. The second-order valence-corrected chi connectivity index (χ2v) is 9.38. The van der Waals surface area contributed by atoms with Gasteiger partial charge in [0.2, 0.25) is 5.91 Å². The van der Waals surface area contributed by atoms with Crippen LogP contribution < -0.4 is 20.1 Å². The van der Waals surface area contributed by atoms with Gasteiger partial charge in [0.15, 0.2) is 5.75 Å². The summed E-state index contributed by atoms with van der Waals surface area (Å²) in [4.78, 5) is 24.5. The lowest BCUT2D eigenvalue weighted by Gasteiger charge is -2.12. The molecule has 4 rings (SSSR count). The maximum absolute atomic E-state index is 12.8. The number of carbonyl (C=O) groups is 2. The van der Waals surface area contributed by atoms with E-state index in [1.165, 1.54) is 36.4 Å². The molecule has 0 saturated carbocycles. The summed E-state index contributed by atoms with van der Waals surface area (Å²) >= 11 is 0. The van der Waals surface area contributed by atoms with Crippen molar-refractivity contribution in [1.29, 1.82) is 0 Å². The molecule has 170 valence electrons. The Morgan fingerprint density at radius 1 is 0.970 bits per heavy atom. The van der Waals surface area contributed by atoms with E-state index in [-0.39, 0.29) is 22.1 Å². The number of fused-ring (bicyclic) bond motifs is 2. The molecule has 0 spiro atoms. The smallest absolute Gasteiger partial charge is 0.261 e. The van der Waals surface area contributed by atoms with Gasteiger partial charge < -0.3 is 15.4 Å². The maximum atomic E-state index is 12.8. The van der Waals surface area contributed by atoms with E-state index >= 15 is 0 Å². The Morgan fingerprint density at radius 2 is 1.67 bits per heavy atom. The highest BCUT2D eigenvalue weighted by Crippen LogP contribution is 2.37. The molecule has 0 aliphatic carbocycles. The Labute approximate surface area is 192 Å². The van der Waals surface area contributed by atoms with Gasteiger partial charge in [-0.3, -0.25) is 14.3 Å². The number of benzene rings is 3. The quantitative estimate of drug-likeness (QED) is 0.480. The van der Waals surface area contributed by atoms with E-state index in [9.17, 15) is 18.0 Å². The van der Waals surface area contributed by atoms with Crippen molar-refractivity contribution in [1.82, 2.24) is 0 Å². The third kappa shape index (κ3) is 4.98. The average Bonchev–Trinajstić information content (AvgIpc) is 2.89. The van der Waals surface area contributed by atoms with E-state index in [2.05, 4.69) is 15.4 Å². The number of aryl methyl sites for hydroxylation is 1. The van der Waals surface area contributed by atoms with Crippen LogP contribution in [0.1, 0.15) is 35.7 Å². The first-order chi connectivity index (χ1) is 15.7. The van der Waals surface area contributed by atoms with Gasteiger partial charge in [-0.15, -0.1) is 0 Å². The third-order valence-electron chi connectivity index (χ3n) is 5.01. The van der Waals surface area contributed by atoms with E-state index in [1.807, 2.05) is 19.9 Å². The van der Waals surface area contributed by atoms with Gasteiger partial charge in [0.25, 0.3) is 15.9 Å². The number of amides is 2. The largest absolute Gasteiger partial charge is 0.454 e. The van der Waals surface area contributed by atoms with E-state index in [1.54, 1.807) is 18.2 Å². The van der Waals surface area contributed by atoms with Crippen LogP contribution in [0.4, 0.5) is 17.1 Å². The Balaban J connectivity index is 1.54. The van der Waals surface area contributed by atoms with Gasteiger partial charge in [0, 0.05) is 17.8 Å². The van der Waals surface area contributed by atoms with Crippen LogP contribution in [0.5, 0.6) is 11.5 Å². The predicted octanol–water partition coefficient (Wildman–Crippen LogP) is 4.89. The molecule has 0 atom stereocenters. The zero-order chi connectivity index (χ0) is 23.6. The van der Waals surface area contributed by atoms with Crippen LogP contribution in [-0.2, 0) is 14.8 Å². The van der Waals surface area contributed by atoms with Crippen molar-refractivity contribution in [2.75, 3.05) is 15.4 Å². The standard InChI is InChI=1S/C24H23N3O5S/c1-3-4-23(28)25-16-6-9-18(10-7-16)33(30,31)27-17-8-12-21-19(14-17)24(29)26-20-13-15(2)5-11-22(20)32-21/h5-14,27H,3-4H2,1-2H3,(H,25,28)(H,26,29). The van der Waals surface area contributed by atoms with Gasteiger partial charge in [-0.1, -0.05) is 13.0 Å². The van der Waals surface area contributed by atoms with Crippen molar-refractivity contribution in [2.45, 2.75) is 31.6 Å². The lowest BCUT2D eigenvalue weighted by Crippen LogP contribution is -2.15. The van der Waals surface area contributed by atoms with Gasteiger partial charge in [-0.05, 0) is 73.5 Å². The van der Waals surface area contributed by atoms with Crippen molar-refractivity contribution in [3.8, 4) is 11.5 Å². The first-order valence-corrected chi connectivity index (χ1v) is 11.9. The van der Waals surface area contributed by atoms with Crippen molar-refractivity contribution < 1.29 is 22.7 Å². The molecule has 1 aliphatic rings. The third-order valence-corrected chi connectivity index (χ3v) is 6.40. The molecule has 0 radical (unpaired) electrons. The fourth-order valence-electron chi connectivity index (χ4n) is 3.38. The van der Waals surface area contributed by atoms with Gasteiger partial charge in [0.05, 0.1) is 16.1 Å². The number of anilines is 3. The van der Waals surface area contributed by atoms with E-state index in [4.69, 9.17) is 4.74 Å². The number of rotatable bonds is 6. The van der Waals surface area contributed by atoms with Crippen LogP contribution in [-0.4, -0.2) is 20.2 Å². The van der Waals surface area contributed by atoms with Gasteiger partial charge in [-0.25, -0.2) is 8.42 Å². The number of hydrogen-bond acceptors (Lipinski definition) is 5. The molecular formula is C24H23N3O5S. The van der Waals surface area contributed by atoms with E-state index in [0.717, 1.165) is 12.0 Å². The maximum Gasteiger partial charge on any atom is 0.261 e. The highest BCUT2D eigenvalue weighted by molar-refractivity contribution is 7.92. The summed E-state index contributed by atoms with van der Waals surface area (Å²) < 4.78 is 34.0. The summed E-state index contributed by atoms with van der Waals surface area (Å²) in [6.45, 7) is 3.81. The fraction of sp³-hybridized carbons (Fsp3) is 0.167. The minimum absolute atomic E-state index is 0.0227. The summed E-state index contributed by atoms with van der Waals surface area (Å²) in [6.07, 6.45) is 1.11. The van der Waals surface area contributed by atoms with E-state index < -0.39 is 15.9 Å². The lowest BCUT2D eigenvalue weighted by atomic mass is 10.1. The molecule has 1 aliphatic heterocycles. The lowest BCUT2D eigenvalue weighted by molar-refractivity contribution is -0.116. The summed E-state index contributed by atoms with van der Waals surface area (Å²) in [6, 6.07) is 15.8. The van der Waals surface area contributed by atoms with Crippen molar-refractivity contribution in [2.24, 2.45) is 0 Å². The molecule has 0 unspecified atom stereocenters. The molecule has 0 bridgehead atoms. The number of hydrogen-bond donors (Lipinski definition) is 3. The summed E-state index contributed by atoms with van der Waals surface area (Å²) in [5.41, 5.74) is 2.45. The monoisotopic (exact) mass is 465 g/mol. The average molecular weight is 466 g/mol. The second kappa shape index (κ2) is 8.95. The van der Waals surface area contributed by atoms with Crippen LogP contribution in [0.25, 0.3) is 0 Å². The Morgan fingerprint density at radius 3 is 2.39 bits per heavy atom. The van der Waals surface area contributed by atoms with Crippen LogP contribution in [0, 0.1) is 6.92 Å². The second-order valence-electron chi connectivity index (χ2n) is 7.69. The SMILES string of the molecule is CCCC(=O)Nc1ccc(S(=O)(=O)Nc2ccc3c(c2)C(=O)Nc2cc(C)ccc2O3)cc1. The predicted molar refractivity (Wildman–Crippen MR) is 126 cm³/mol. The molecule has 1 heterocycles. The minimum Gasteiger partial charge on any atom is -0.454 e. The molecule has 3 aromatic rings. The molecule has 0 aromatic heterocycles. The van der Waals surface area contributed by atoms with Crippen LogP contribution >= 0.6 is 0 Å². The Hall–Kier alpha value is -3.85. The summed E-state index contributed by atoms with van der Waals surface area (Å²) in [5.74, 6) is 0.300. The molecule has 33 heavy (non-hydrogen) atoms. The zero-order valence-corrected chi connectivity index (χ0v) is 19.0.